The van der Waals surface area contributed by atoms with Crippen molar-refractivity contribution in [1.29, 1.82) is 0 Å². The molecule has 0 spiro atoms. The molecule has 1 aliphatic rings. The Kier molecular flexibility index (Phi) is 5.96. The van der Waals surface area contributed by atoms with Gasteiger partial charge in [0.2, 0.25) is 11.8 Å². The van der Waals surface area contributed by atoms with Crippen molar-refractivity contribution in [3.05, 3.63) is 53.3 Å². The van der Waals surface area contributed by atoms with E-state index in [9.17, 15) is 27.6 Å². The molecule has 6 nitrogen and oxygen atoms in total. The number of benzene rings is 2. The van der Waals surface area contributed by atoms with Gasteiger partial charge >= 0.3 is 0 Å². The minimum absolute atomic E-state index is 0.0982. The van der Waals surface area contributed by atoms with E-state index in [0.717, 1.165) is 25.1 Å². The van der Waals surface area contributed by atoms with Crippen molar-refractivity contribution in [1.82, 2.24) is 0 Å². The van der Waals surface area contributed by atoms with Crippen LogP contribution >= 0.6 is 23.2 Å². The van der Waals surface area contributed by atoms with Gasteiger partial charge in [-0.1, -0.05) is 0 Å². The minimum atomic E-state index is -1.16. The lowest BCUT2D eigenvalue weighted by Gasteiger charge is -2.12. The van der Waals surface area contributed by atoms with Crippen LogP contribution in [0, 0.1) is 23.4 Å². The van der Waals surface area contributed by atoms with Gasteiger partial charge in [-0.3, -0.25) is 14.4 Å². The van der Waals surface area contributed by atoms with E-state index in [0.29, 0.717) is 6.07 Å². The molecule has 1 unspecified atom stereocenters. The SMILES string of the molecule is CC(=O)Nc1cc(NC(=O)c2cc(NC(=O)C3CC3(Cl)Cl)ccc2F)c(F)cc1F. The van der Waals surface area contributed by atoms with Crippen molar-refractivity contribution in [2.45, 2.75) is 17.7 Å². The van der Waals surface area contributed by atoms with E-state index in [-0.39, 0.29) is 17.8 Å². The maximum atomic E-state index is 14.1. The highest BCUT2D eigenvalue weighted by atomic mass is 35.5. The van der Waals surface area contributed by atoms with Gasteiger partial charge in [0.15, 0.2) is 0 Å². The van der Waals surface area contributed by atoms with Crippen LogP contribution in [0.25, 0.3) is 0 Å². The van der Waals surface area contributed by atoms with Gasteiger partial charge in [0.1, 0.15) is 21.8 Å². The second-order valence-corrected chi connectivity index (χ2v) is 8.19. The highest BCUT2D eigenvalue weighted by molar-refractivity contribution is 6.52. The fourth-order valence-electron chi connectivity index (χ4n) is 2.62. The van der Waals surface area contributed by atoms with Gasteiger partial charge in [0.05, 0.1) is 22.9 Å². The molecule has 0 saturated heterocycles. The van der Waals surface area contributed by atoms with Crippen molar-refractivity contribution in [2.75, 3.05) is 16.0 Å². The molecule has 1 saturated carbocycles. The number of anilines is 3. The number of carbonyl (C=O) groups excluding carboxylic acids is 3. The summed E-state index contributed by atoms with van der Waals surface area (Å²) in [6.45, 7) is 1.12. The molecule has 3 N–H and O–H groups in total. The second kappa shape index (κ2) is 8.16. The van der Waals surface area contributed by atoms with E-state index < -0.39 is 56.7 Å². The molecule has 1 fully saturated rings. The molecule has 3 rings (SSSR count). The predicted molar refractivity (Wildman–Crippen MR) is 106 cm³/mol. The van der Waals surface area contributed by atoms with Crippen molar-refractivity contribution >= 4 is 58.0 Å². The van der Waals surface area contributed by atoms with Gasteiger partial charge in [0.25, 0.3) is 5.91 Å². The number of hydrogen-bond donors (Lipinski definition) is 3. The lowest BCUT2D eigenvalue weighted by atomic mass is 10.1. The van der Waals surface area contributed by atoms with Crippen molar-refractivity contribution in [2.24, 2.45) is 5.92 Å². The fraction of sp³-hybridized carbons (Fsp3) is 0.211. The highest BCUT2D eigenvalue weighted by Gasteiger charge is 2.56. The van der Waals surface area contributed by atoms with Crippen LogP contribution in [0.15, 0.2) is 30.3 Å². The lowest BCUT2D eigenvalue weighted by molar-refractivity contribution is -0.117. The largest absolute Gasteiger partial charge is 0.326 e. The summed E-state index contributed by atoms with van der Waals surface area (Å²) in [7, 11) is 0. The summed E-state index contributed by atoms with van der Waals surface area (Å²) in [6.07, 6.45) is 0.261. The second-order valence-electron chi connectivity index (χ2n) is 6.65. The summed E-state index contributed by atoms with van der Waals surface area (Å²) in [6, 6.07) is 4.54. The van der Waals surface area contributed by atoms with Crippen LogP contribution in [-0.2, 0) is 9.59 Å². The third-order valence-electron chi connectivity index (χ3n) is 4.24. The number of amides is 3. The maximum absolute atomic E-state index is 14.1. The van der Waals surface area contributed by atoms with Crippen LogP contribution in [0.4, 0.5) is 30.2 Å². The number of hydrogen-bond acceptors (Lipinski definition) is 3. The first-order valence-corrected chi connectivity index (χ1v) is 9.30. The Morgan fingerprint density at radius 3 is 2.10 bits per heavy atom. The molecule has 2 aromatic rings. The summed E-state index contributed by atoms with van der Waals surface area (Å²) in [5, 5.41) is 6.72. The van der Waals surface area contributed by atoms with Gasteiger partial charge in [-0.2, -0.15) is 0 Å². The number of nitrogens with one attached hydrogen (secondary N) is 3. The Labute approximate surface area is 178 Å². The standard InChI is InChI=1S/C19H14Cl2F3N3O3/c1-8(28)25-15-6-16(14(24)5-13(15)23)27-17(29)10-4-9(2-3-12(10)22)26-18(30)11-7-19(11,20)21/h2-6,11H,7H2,1H3,(H,25,28)(H,26,30)(H,27,29). The van der Waals surface area contributed by atoms with E-state index in [1.807, 2.05) is 0 Å². The Bertz CT molecular complexity index is 1060. The van der Waals surface area contributed by atoms with Gasteiger partial charge in [-0.15, -0.1) is 23.2 Å². The fourth-order valence-corrected chi connectivity index (χ4v) is 3.13. The van der Waals surface area contributed by atoms with Crippen molar-refractivity contribution in [3.63, 3.8) is 0 Å². The van der Waals surface area contributed by atoms with Crippen LogP contribution in [0.3, 0.4) is 0 Å². The van der Waals surface area contributed by atoms with Crippen LogP contribution in [0.5, 0.6) is 0 Å². The summed E-state index contributed by atoms with van der Waals surface area (Å²) < 4.78 is 40.7. The van der Waals surface area contributed by atoms with E-state index in [1.165, 1.54) is 6.07 Å². The van der Waals surface area contributed by atoms with Gasteiger partial charge in [0, 0.05) is 18.7 Å². The molecule has 1 atom stereocenters. The smallest absolute Gasteiger partial charge is 0.258 e. The molecule has 158 valence electrons. The maximum Gasteiger partial charge on any atom is 0.258 e. The summed E-state index contributed by atoms with van der Waals surface area (Å²) in [4.78, 5) is 35.6. The van der Waals surface area contributed by atoms with Crippen molar-refractivity contribution < 1.29 is 27.6 Å². The monoisotopic (exact) mass is 459 g/mol. The van der Waals surface area contributed by atoms with E-state index in [1.54, 1.807) is 0 Å². The number of halogens is 5. The Balaban J connectivity index is 1.80. The average molecular weight is 460 g/mol. The minimum Gasteiger partial charge on any atom is -0.326 e. The third-order valence-corrected chi connectivity index (χ3v) is 5.07. The number of carbonyl (C=O) groups is 3. The molecule has 0 bridgehead atoms. The van der Waals surface area contributed by atoms with Gasteiger partial charge in [-0.25, -0.2) is 13.2 Å². The van der Waals surface area contributed by atoms with Gasteiger partial charge in [-0.05, 0) is 30.7 Å². The van der Waals surface area contributed by atoms with Gasteiger partial charge < -0.3 is 16.0 Å². The quantitative estimate of drug-likeness (QED) is 0.577. The molecular formula is C19H14Cl2F3N3O3. The molecule has 0 aromatic heterocycles. The molecule has 0 heterocycles. The zero-order valence-corrected chi connectivity index (χ0v) is 16.8. The molecule has 3 amide bonds. The van der Waals surface area contributed by atoms with Crippen LogP contribution in [-0.4, -0.2) is 22.1 Å². The number of rotatable bonds is 5. The van der Waals surface area contributed by atoms with E-state index in [2.05, 4.69) is 16.0 Å². The number of alkyl halides is 2. The molecule has 0 aliphatic heterocycles. The van der Waals surface area contributed by atoms with Crippen LogP contribution < -0.4 is 16.0 Å². The summed E-state index contributed by atoms with van der Waals surface area (Å²) in [5.41, 5.74) is -1.25. The summed E-state index contributed by atoms with van der Waals surface area (Å²) in [5.74, 6) is -5.92. The average Bonchev–Trinajstić information content (AvgIpc) is 3.29. The molecule has 30 heavy (non-hydrogen) atoms. The van der Waals surface area contributed by atoms with E-state index in [4.69, 9.17) is 23.2 Å². The molecule has 11 heteroatoms. The van der Waals surface area contributed by atoms with Crippen molar-refractivity contribution in [3.8, 4) is 0 Å². The zero-order chi connectivity index (χ0) is 22.2. The molecule has 1 aliphatic carbocycles. The first kappa shape index (κ1) is 21.9. The topological polar surface area (TPSA) is 87.3 Å². The first-order valence-electron chi connectivity index (χ1n) is 8.54. The van der Waals surface area contributed by atoms with E-state index >= 15 is 0 Å². The van der Waals surface area contributed by atoms with Crippen LogP contribution in [0.2, 0.25) is 0 Å². The third kappa shape index (κ3) is 4.85. The molecule has 2 aromatic carbocycles. The Hall–Kier alpha value is -2.78. The Morgan fingerprint density at radius 2 is 1.53 bits per heavy atom. The molecule has 0 radical (unpaired) electrons. The zero-order valence-electron chi connectivity index (χ0n) is 15.3. The predicted octanol–water partition coefficient (Wildman–Crippen LogP) is 4.45. The molecular weight excluding hydrogens is 446 g/mol. The summed E-state index contributed by atoms with van der Waals surface area (Å²) >= 11 is 11.7. The first-order chi connectivity index (χ1) is 14.0. The highest BCUT2D eigenvalue weighted by Crippen LogP contribution is 2.53. The lowest BCUT2D eigenvalue weighted by Crippen LogP contribution is -2.19. The normalized spacial score (nSPS) is 16.5. The Morgan fingerprint density at radius 1 is 0.933 bits per heavy atom. The van der Waals surface area contributed by atoms with Crippen LogP contribution in [0.1, 0.15) is 23.7 Å².